The Morgan fingerprint density at radius 2 is 2.27 bits per heavy atom. The van der Waals surface area contributed by atoms with Gasteiger partial charge in [-0.2, -0.15) is 0 Å². The Labute approximate surface area is 91.0 Å². The van der Waals surface area contributed by atoms with Crippen LogP contribution in [0.3, 0.4) is 0 Å². The minimum absolute atomic E-state index is 0.0774. The molecule has 0 radical (unpaired) electrons. The number of Topliss-reactive ketones (excluding diaryl/α,β-unsaturated/α-hetero) is 1. The summed E-state index contributed by atoms with van der Waals surface area (Å²) in [5.41, 5.74) is 0.465. The molecule has 0 aromatic heterocycles. The summed E-state index contributed by atoms with van der Waals surface area (Å²) in [7, 11) is 1.70. The van der Waals surface area contributed by atoms with E-state index in [1.807, 2.05) is 0 Å². The molecule has 1 aromatic rings. The number of rotatable bonds is 3. The summed E-state index contributed by atoms with van der Waals surface area (Å²) in [6, 6.07) is 4.33. The number of nitrogens with one attached hydrogen (secondary N) is 1. The predicted octanol–water partition coefficient (Wildman–Crippen LogP) is 1.21. The maximum absolute atomic E-state index is 11.9. The van der Waals surface area contributed by atoms with Crippen molar-refractivity contribution in [3.8, 4) is 11.5 Å². The molecule has 4 heteroatoms. The zero-order chi connectivity index (χ0) is 12.6. The van der Waals surface area contributed by atoms with Gasteiger partial charge in [-0.25, -0.2) is 0 Å². The first kappa shape index (κ1) is 7.70. The Bertz CT molecular complexity index is 462. The minimum atomic E-state index is -2.15. The lowest BCUT2D eigenvalue weighted by Crippen LogP contribution is -2.30. The molecule has 80 valence electrons. The predicted molar refractivity (Wildman–Crippen MR) is 55.4 cm³/mol. The fraction of sp³-hybridized carbons (Fsp3) is 0.364. The smallest absolute Gasteiger partial charge is 0.231 e. The zero-order valence-electron chi connectivity index (χ0n) is 10.5. The number of carbonyl (C=O) groups excluding carboxylic acids is 1. The molecule has 4 nitrogen and oxygen atoms in total. The average Bonchev–Trinajstić information content (AvgIpc) is 2.59. The lowest BCUT2D eigenvalue weighted by molar-refractivity contribution is 0.0954. The van der Waals surface area contributed by atoms with Gasteiger partial charge in [-0.1, -0.05) is 0 Å². The van der Waals surface area contributed by atoms with Crippen molar-refractivity contribution >= 4 is 5.78 Å². The largest absolute Gasteiger partial charge is 0.454 e. The maximum Gasteiger partial charge on any atom is 0.231 e. The van der Waals surface area contributed by atoms with E-state index in [-0.39, 0.29) is 17.6 Å². The highest BCUT2D eigenvalue weighted by Gasteiger charge is 2.18. The highest BCUT2D eigenvalue weighted by Crippen LogP contribution is 2.32. The van der Waals surface area contributed by atoms with Gasteiger partial charge < -0.3 is 14.8 Å². The summed E-state index contributed by atoms with van der Waals surface area (Å²) < 4.78 is 24.4. The molecule has 0 saturated carbocycles. The van der Waals surface area contributed by atoms with Crippen LogP contribution in [0.15, 0.2) is 18.2 Å². The van der Waals surface area contributed by atoms with Gasteiger partial charge in [0.1, 0.15) is 2.74 Å². The third-order valence-electron chi connectivity index (χ3n) is 2.36. The molecule has 15 heavy (non-hydrogen) atoms. The van der Waals surface area contributed by atoms with E-state index in [9.17, 15) is 4.79 Å². The van der Waals surface area contributed by atoms with E-state index in [4.69, 9.17) is 12.2 Å². The number of fused-ring (bicyclic) bond motifs is 1. The van der Waals surface area contributed by atoms with E-state index in [0.29, 0.717) is 11.3 Å². The molecule has 1 heterocycles. The van der Waals surface area contributed by atoms with Crippen molar-refractivity contribution in [2.75, 3.05) is 13.8 Å². The van der Waals surface area contributed by atoms with Crippen LogP contribution in [0, 0.1) is 0 Å². The summed E-state index contributed by atoms with van der Waals surface area (Å²) in [4.78, 5) is 11.9. The maximum atomic E-state index is 11.9. The Kier molecular flexibility index (Phi) is 2.00. The first-order valence-corrected chi connectivity index (χ1v) is 4.66. The standard InChI is InChI=1S/C11H13NO3/c1-7(12-2)11(13)8-3-4-9-10(5-8)15-6-14-9/h3-5,7,12H,6H2,1-2H3/i6D2. The van der Waals surface area contributed by atoms with Crippen LogP contribution in [0.25, 0.3) is 0 Å². The highest BCUT2D eigenvalue weighted by molar-refractivity contribution is 6.00. The van der Waals surface area contributed by atoms with Crippen molar-refractivity contribution in [1.82, 2.24) is 5.32 Å². The Morgan fingerprint density at radius 3 is 3.00 bits per heavy atom. The molecule has 1 aliphatic rings. The number of ketones is 1. The quantitative estimate of drug-likeness (QED) is 0.760. The second-order valence-corrected chi connectivity index (χ2v) is 3.32. The SMILES string of the molecule is [2H]C1([2H])Oc2ccc(C(=O)C(C)NC)cc2O1. The summed E-state index contributed by atoms with van der Waals surface area (Å²) in [5, 5.41) is 2.85. The van der Waals surface area contributed by atoms with Gasteiger partial charge in [-0.15, -0.1) is 0 Å². The first-order chi connectivity index (χ1) is 7.93. The summed E-state index contributed by atoms with van der Waals surface area (Å²) >= 11 is 0. The number of likely N-dealkylation sites (N-methyl/N-ethyl adjacent to an activating group) is 1. The number of hydrogen-bond acceptors (Lipinski definition) is 4. The van der Waals surface area contributed by atoms with Crippen molar-refractivity contribution in [2.24, 2.45) is 0 Å². The molecule has 2 rings (SSSR count). The van der Waals surface area contributed by atoms with Gasteiger partial charge in [0.25, 0.3) is 0 Å². The third-order valence-corrected chi connectivity index (χ3v) is 2.36. The number of benzene rings is 1. The Morgan fingerprint density at radius 1 is 1.53 bits per heavy atom. The molecule has 0 amide bonds. The monoisotopic (exact) mass is 209 g/mol. The molecule has 1 N–H and O–H groups in total. The molecule has 0 spiro atoms. The van der Waals surface area contributed by atoms with Crippen molar-refractivity contribution in [1.29, 1.82) is 0 Å². The summed E-state index contributed by atoms with van der Waals surface area (Å²) in [5.74, 6) is 0.485. The van der Waals surface area contributed by atoms with Crippen LogP contribution in [0.5, 0.6) is 11.5 Å². The first-order valence-electron chi connectivity index (χ1n) is 5.66. The fourth-order valence-electron chi connectivity index (χ4n) is 1.32. The van der Waals surface area contributed by atoms with Gasteiger partial charge in [-0.3, -0.25) is 4.79 Å². The average molecular weight is 209 g/mol. The van der Waals surface area contributed by atoms with Gasteiger partial charge in [0.15, 0.2) is 17.3 Å². The van der Waals surface area contributed by atoms with E-state index in [2.05, 4.69) is 5.32 Å². The fourth-order valence-corrected chi connectivity index (χ4v) is 1.32. The molecule has 0 saturated heterocycles. The minimum Gasteiger partial charge on any atom is -0.454 e. The molecule has 0 fully saturated rings. The van der Waals surface area contributed by atoms with Crippen molar-refractivity contribution in [3.63, 3.8) is 0 Å². The molecule has 1 atom stereocenters. The van der Waals surface area contributed by atoms with Crippen molar-refractivity contribution in [2.45, 2.75) is 13.0 Å². The van der Waals surface area contributed by atoms with Crippen LogP contribution in [0.4, 0.5) is 0 Å². The van der Waals surface area contributed by atoms with E-state index in [1.165, 1.54) is 12.1 Å². The Balaban J connectivity index is 2.28. The second-order valence-electron chi connectivity index (χ2n) is 3.32. The van der Waals surface area contributed by atoms with E-state index >= 15 is 0 Å². The zero-order valence-corrected chi connectivity index (χ0v) is 8.53. The van der Waals surface area contributed by atoms with Crippen LogP contribution in [-0.4, -0.2) is 25.6 Å². The van der Waals surface area contributed by atoms with Crippen LogP contribution >= 0.6 is 0 Å². The topological polar surface area (TPSA) is 47.6 Å². The highest BCUT2D eigenvalue weighted by atomic mass is 16.7. The second kappa shape index (κ2) is 3.90. The van der Waals surface area contributed by atoms with Gasteiger partial charge in [-0.05, 0) is 32.2 Å². The van der Waals surface area contributed by atoms with Crippen LogP contribution in [-0.2, 0) is 0 Å². The third kappa shape index (κ3) is 1.80. The van der Waals surface area contributed by atoms with Crippen LogP contribution < -0.4 is 14.8 Å². The van der Waals surface area contributed by atoms with Crippen LogP contribution in [0.1, 0.15) is 20.0 Å². The number of ether oxygens (including phenoxy) is 2. The molecule has 1 unspecified atom stereocenters. The van der Waals surface area contributed by atoms with E-state index in [1.54, 1.807) is 20.0 Å². The summed E-state index contributed by atoms with van der Waals surface area (Å²) in [6.45, 7) is -0.398. The van der Waals surface area contributed by atoms with E-state index < -0.39 is 6.75 Å². The summed E-state index contributed by atoms with van der Waals surface area (Å²) in [6.07, 6.45) is 0. The van der Waals surface area contributed by atoms with Crippen molar-refractivity contribution < 1.29 is 17.0 Å². The molecule has 1 aromatic carbocycles. The molecule has 0 aliphatic carbocycles. The Hall–Kier alpha value is -1.55. The molecular formula is C11H13NO3. The molecule has 0 bridgehead atoms. The number of hydrogen-bond donors (Lipinski definition) is 1. The lowest BCUT2D eigenvalue weighted by Gasteiger charge is -2.09. The van der Waals surface area contributed by atoms with Gasteiger partial charge in [0.05, 0.1) is 6.04 Å². The van der Waals surface area contributed by atoms with Gasteiger partial charge >= 0.3 is 0 Å². The van der Waals surface area contributed by atoms with E-state index in [0.717, 1.165) is 0 Å². The molecular weight excluding hydrogens is 194 g/mol. The normalized spacial score (nSPS) is 20.4. The number of carbonyl (C=O) groups is 1. The van der Waals surface area contributed by atoms with Crippen molar-refractivity contribution in [3.05, 3.63) is 23.8 Å². The van der Waals surface area contributed by atoms with Crippen LogP contribution in [0.2, 0.25) is 0 Å². The lowest BCUT2D eigenvalue weighted by atomic mass is 10.1. The molecule has 1 aliphatic heterocycles. The van der Waals surface area contributed by atoms with Gasteiger partial charge in [0.2, 0.25) is 6.75 Å². The van der Waals surface area contributed by atoms with Gasteiger partial charge in [0, 0.05) is 5.56 Å².